The zero-order valence-corrected chi connectivity index (χ0v) is 12.7. The molecule has 4 heteroatoms. The molecule has 1 aliphatic rings. The number of hydrogen-bond acceptors (Lipinski definition) is 2. The fraction of sp³-hybridized carbons (Fsp3) is 0.562. The van der Waals surface area contributed by atoms with E-state index in [1.54, 1.807) is 0 Å². The van der Waals surface area contributed by atoms with Crippen molar-refractivity contribution >= 4 is 17.5 Å². The molecule has 1 heterocycles. The van der Waals surface area contributed by atoms with Gasteiger partial charge in [0.05, 0.1) is 6.04 Å². The van der Waals surface area contributed by atoms with Crippen molar-refractivity contribution in [3.05, 3.63) is 34.9 Å². The van der Waals surface area contributed by atoms with Gasteiger partial charge in [0.15, 0.2) is 0 Å². The number of benzene rings is 1. The van der Waals surface area contributed by atoms with E-state index in [0.29, 0.717) is 17.4 Å². The highest BCUT2D eigenvalue weighted by Gasteiger charge is 2.17. The van der Waals surface area contributed by atoms with E-state index in [2.05, 4.69) is 17.6 Å². The SMILES string of the molecule is CCC(NC(=O)CCC1CCNC1)c1cccc(Cl)c1. The number of amides is 1. The largest absolute Gasteiger partial charge is 0.349 e. The number of carbonyl (C=O) groups is 1. The zero-order valence-electron chi connectivity index (χ0n) is 12.0. The fourth-order valence-electron chi connectivity index (χ4n) is 2.71. The highest BCUT2D eigenvalue weighted by Crippen LogP contribution is 2.21. The first-order valence-corrected chi connectivity index (χ1v) is 7.82. The van der Waals surface area contributed by atoms with Crippen molar-refractivity contribution in [3.63, 3.8) is 0 Å². The van der Waals surface area contributed by atoms with Gasteiger partial charge in [0, 0.05) is 11.4 Å². The number of hydrogen-bond donors (Lipinski definition) is 2. The van der Waals surface area contributed by atoms with Crippen molar-refractivity contribution in [3.8, 4) is 0 Å². The third-order valence-electron chi connectivity index (χ3n) is 3.94. The summed E-state index contributed by atoms with van der Waals surface area (Å²) in [5.41, 5.74) is 1.08. The average Bonchev–Trinajstić information content (AvgIpc) is 2.96. The Morgan fingerprint density at radius 1 is 1.55 bits per heavy atom. The minimum atomic E-state index is 0.0582. The predicted octanol–water partition coefficient (Wildman–Crippen LogP) is 3.30. The van der Waals surface area contributed by atoms with Crippen molar-refractivity contribution in [2.45, 2.75) is 38.6 Å². The van der Waals surface area contributed by atoms with Gasteiger partial charge in [-0.1, -0.05) is 30.7 Å². The monoisotopic (exact) mass is 294 g/mol. The topological polar surface area (TPSA) is 41.1 Å². The van der Waals surface area contributed by atoms with Crippen LogP contribution in [-0.4, -0.2) is 19.0 Å². The summed E-state index contributed by atoms with van der Waals surface area (Å²) in [6.07, 6.45) is 3.66. The molecule has 1 aromatic rings. The molecule has 20 heavy (non-hydrogen) atoms. The van der Waals surface area contributed by atoms with Crippen LogP contribution in [0, 0.1) is 5.92 Å². The molecule has 1 aliphatic heterocycles. The molecule has 0 radical (unpaired) electrons. The van der Waals surface area contributed by atoms with Gasteiger partial charge < -0.3 is 10.6 Å². The van der Waals surface area contributed by atoms with Crippen LogP contribution >= 0.6 is 11.6 Å². The predicted molar refractivity (Wildman–Crippen MR) is 82.8 cm³/mol. The summed E-state index contributed by atoms with van der Waals surface area (Å²) in [7, 11) is 0. The number of nitrogens with one attached hydrogen (secondary N) is 2. The molecule has 2 atom stereocenters. The fourth-order valence-corrected chi connectivity index (χ4v) is 2.91. The maximum Gasteiger partial charge on any atom is 0.220 e. The molecule has 1 fully saturated rings. The van der Waals surface area contributed by atoms with Crippen LogP contribution in [0.1, 0.15) is 44.2 Å². The molecule has 0 bridgehead atoms. The van der Waals surface area contributed by atoms with Gasteiger partial charge in [-0.2, -0.15) is 0 Å². The van der Waals surface area contributed by atoms with Crippen LogP contribution in [0.4, 0.5) is 0 Å². The van der Waals surface area contributed by atoms with Gasteiger partial charge in [0.25, 0.3) is 0 Å². The van der Waals surface area contributed by atoms with E-state index in [1.165, 1.54) is 6.42 Å². The molecule has 2 unspecified atom stereocenters. The normalized spacial score (nSPS) is 19.8. The van der Waals surface area contributed by atoms with E-state index in [4.69, 9.17) is 11.6 Å². The van der Waals surface area contributed by atoms with Crippen LogP contribution in [0.25, 0.3) is 0 Å². The van der Waals surface area contributed by atoms with Gasteiger partial charge in [-0.25, -0.2) is 0 Å². The minimum absolute atomic E-state index is 0.0582. The Morgan fingerprint density at radius 2 is 2.40 bits per heavy atom. The summed E-state index contributed by atoms with van der Waals surface area (Å²) in [5.74, 6) is 0.802. The summed E-state index contributed by atoms with van der Waals surface area (Å²) >= 11 is 6.01. The summed E-state index contributed by atoms with van der Waals surface area (Å²) in [6, 6.07) is 7.78. The highest BCUT2D eigenvalue weighted by molar-refractivity contribution is 6.30. The first-order chi connectivity index (χ1) is 9.69. The van der Waals surface area contributed by atoms with Crippen LogP contribution in [0.5, 0.6) is 0 Å². The Hall–Kier alpha value is -1.06. The lowest BCUT2D eigenvalue weighted by atomic mass is 10.0. The first-order valence-electron chi connectivity index (χ1n) is 7.44. The van der Waals surface area contributed by atoms with Gasteiger partial charge in [0.1, 0.15) is 0 Å². The van der Waals surface area contributed by atoms with Crippen LogP contribution in [0.3, 0.4) is 0 Å². The van der Waals surface area contributed by atoms with E-state index in [-0.39, 0.29) is 11.9 Å². The summed E-state index contributed by atoms with van der Waals surface area (Å²) in [6.45, 7) is 4.22. The van der Waals surface area contributed by atoms with Crippen LogP contribution in [0.2, 0.25) is 5.02 Å². The van der Waals surface area contributed by atoms with Crippen molar-refractivity contribution in [1.29, 1.82) is 0 Å². The lowest BCUT2D eigenvalue weighted by molar-refractivity contribution is -0.122. The molecule has 1 saturated heterocycles. The molecule has 1 amide bonds. The molecule has 0 aliphatic carbocycles. The van der Waals surface area contributed by atoms with Crippen LogP contribution < -0.4 is 10.6 Å². The Bertz CT molecular complexity index is 444. The second kappa shape index (κ2) is 7.65. The highest BCUT2D eigenvalue weighted by atomic mass is 35.5. The number of carbonyl (C=O) groups excluding carboxylic acids is 1. The molecule has 2 rings (SSSR count). The summed E-state index contributed by atoms with van der Waals surface area (Å²) in [5, 5.41) is 7.16. The second-order valence-corrected chi connectivity index (χ2v) is 5.92. The van der Waals surface area contributed by atoms with E-state index in [9.17, 15) is 4.79 Å². The summed E-state index contributed by atoms with van der Waals surface area (Å²) < 4.78 is 0. The standard InChI is InChI=1S/C16H23ClN2O/c1-2-15(13-4-3-5-14(17)10-13)19-16(20)7-6-12-8-9-18-11-12/h3-5,10,12,15,18H,2,6-9,11H2,1H3,(H,19,20). The summed E-state index contributed by atoms with van der Waals surface area (Å²) in [4.78, 5) is 12.1. The second-order valence-electron chi connectivity index (χ2n) is 5.48. The quantitative estimate of drug-likeness (QED) is 0.845. The van der Waals surface area contributed by atoms with Crippen molar-refractivity contribution in [2.75, 3.05) is 13.1 Å². The smallest absolute Gasteiger partial charge is 0.220 e. The number of rotatable bonds is 6. The van der Waals surface area contributed by atoms with E-state index in [1.807, 2.05) is 24.3 Å². The van der Waals surface area contributed by atoms with Gasteiger partial charge in [-0.3, -0.25) is 4.79 Å². The maximum absolute atomic E-state index is 12.1. The molecular weight excluding hydrogens is 272 g/mol. The third-order valence-corrected chi connectivity index (χ3v) is 4.17. The minimum Gasteiger partial charge on any atom is -0.349 e. The molecule has 110 valence electrons. The van der Waals surface area contributed by atoms with Gasteiger partial charge >= 0.3 is 0 Å². The van der Waals surface area contributed by atoms with Crippen molar-refractivity contribution < 1.29 is 4.79 Å². The van der Waals surface area contributed by atoms with E-state index >= 15 is 0 Å². The Balaban J connectivity index is 1.84. The average molecular weight is 295 g/mol. The Labute approximate surface area is 126 Å². The maximum atomic E-state index is 12.1. The van der Waals surface area contributed by atoms with Crippen LogP contribution in [0.15, 0.2) is 24.3 Å². The number of halogens is 1. The Morgan fingerprint density at radius 3 is 3.05 bits per heavy atom. The Kier molecular flexibility index (Phi) is 5.86. The molecule has 0 spiro atoms. The van der Waals surface area contributed by atoms with E-state index < -0.39 is 0 Å². The lowest BCUT2D eigenvalue weighted by Gasteiger charge is -2.18. The molecule has 2 N–H and O–H groups in total. The van der Waals surface area contributed by atoms with Crippen molar-refractivity contribution in [1.82, 2.24) is 10.6 Å². The first kappa shape index (κ1) is 15.3. The molecule has 1 aromatic carbocycles. The molecule has 0 saturated carbocycles. The zero-order chi connectivity index (χ0) is 14.4. The van der Waals surface area contributed by atoms with Crippen LogP contribution in [-0.2, 0) is 4.79 Å². The van der Waals surface area contributed by atoms with Gasteiger partial charge in [0.2, 0.25) is 5.91 Å². The molecule has 3 nitrogen and oxygen atoms in total. The van der Waals surface area contributed by atoms with Crippen molar-refractivity contribution in [2.24, 2.45) is 5.92 Å². The van der Waals surface area contributed by atoms with E-state index in [0.717, 1.165) is 31.5 Å². The third kappa shape index (κ3) is 4.50. The molecule has 0 aromatic heterocycles. The lowest BCUT2D eigenvalue weighted by Crippen LogP contribution is -2.28. The molecular formula is C16H23ClN2O. The van der Waals surface area contributed by atoms with Gasteiger partial charge in [-0.05, 0) is 56.0 Å². The van der Waals surface area contributed by atoms with Gasteiger partial charge in [-0.15, -0.1) is 0 Å².